The first-order valence-electron chi connectivity index (χ1n) is 6.44. The van der Waals surface area contributed by atoms with Gasteiger partial charge in [0.25, 0.3) is 0 Å². The molecule has 0 N–H and O–H groups in total. The maximum Gasteiger partial charge on any atom is 0.189 e. The average Bonchev–Trinajstić information content (AvgIpc) is 2.86. The van der Waals surface area contributed by atoms with Crippen LogP contribution in [0, 0.1) is 0 Å². The summed E-state index contributed by atoms with van der Waals surface area (Å²) in [6.45, 7) is 5.44. The third-order valence-electron chi connectivity index (χ3n) is 2.55. The number of hydrogen-bond donors (Lipinski definition) is 0. The Kier molecular flexibility index (Phi) is 5.20. The minimum Gasteiger partial charge on any atom is -0.484 e. The monoisotopic (exact) mass is 278 g/mol. The fourth-order valence-corrected chi connectivity index (χ4v) is 2.45. The number of rotatable bonds is 7. The zero-order valence-electron chi connectivity index (χ0n) is 11.2. The zero-order valence-corrected chi connectivity index (χ0v) is 12.1. The van der Waals surface area contributed by atoms with E-state index in [0.717, 1.165) is 35.2 Å². The van der Waals surface area contributed by atoms with Gasteiger partial charge in [0, 0.05) is 11.4 Å². The summed E-state index contributed by atoms with van der Waals surface area (Å²) in [4.78, 5) is 1.15. The van der Waals surface area contributed by atoms with Crippen molar-refractivity contribution in [2.45, 2.75) is 38.3 Å². The van der Waals surface area contributed by atoms with Gasteiger partial charge in [-0.3, -0.25) is 0 Å². The maximum atomic E-state index is 5.84. The fraction of sp³-hybridized carbons (Fsp3) is 0.462. The molecule has 102 valence electrons. The van der Waals surface area contributed by atoms with Crippen molar-refractivity contribution in [2.75, 3.05) is 5.75 Å². The van der Waals surface area contributed by atoms with Gasteiger partial charge in [0.15, 0.2) is 5.82 Å². The van der Waals surface area contributed by atoms with Gasteiger partial charge in [0.2, 0.25) is 0 Å². The Bertz CT molecular complexity index is 515. The first kappa shape index (κ1) is 13.9. The lowest BCUT2D eigenvalue weighted by molar-refractivity contribution is 0.279. The van der Waals surface area contributed by atoms with Crippen LogP contribution in [-0.4, -0.2) is 26.0 Å². The van der Waals surface area contributed by atoms with Crippen molar-refractivity contribution < 1.29 is 4.74 Å². The third kappa shape index (κ3) is 3.70. The summed E-state index contributed by atoms with van der Waals surface area (Å²) in [5.74, 6) is 2.67. The predicted octanol–water partition coefficient (Wildman–Crippen LogP) is 2.77. The van der Waals surface area contributed by atoms with Crippen LogP contribution >= 0.6 is 11.8 Å². The molecular weight excluding hydrogens is 260 g/mol. The largest absolute Gasteiger partial charge is 0.484 e. The van der Waals surface area contributed by atoms with Gasteiger partial charge in [-0.05, 0) is 34.7 Å². The lowest BCUT2D eigenvalue weighted by Gasteiger charge is -2.10. The first-order valence-corrected chi connectivity index (χ1v) is 7.43. The van der Waals surface area contributed by atoms with Crippen LogP contribution in [0.5, 0.6) is 5.75 Å². The Morgan fingerprint density at radius 2 is 2.11 bits per heavy atom. The average molecular weight is 278 g/mol. The first-order chi connectivity index (χ1) is 9.35. The van der Waals surface area contributed by atoms with Crippen LogP contribution in [0.15, 0.2) is 29.2 Å². The zero-order chi connectivity index (χ0) is 13.5. The molecule has 2 rings (SSSR count). The van der Waals surface area contributed by atoms with Crippen molar-refractivity contribution in [1.29, 1.82) is 0 Å². The molecule has 5 nitrogen and oxygen atoms in total. The quantitative estimate of drug-likeness (QED) is 0.729. The summed E-state index contributed by atoms with van der Waals surface area (Å²) in [6.07, 6.45) is 1.00. The Morgan fingerprint density at radius 3 is 2.89 bits per heavy atom. The topological polar surface area (TPSA) is 52.8 Å². The molecule has 0 fully saturated rings. The molecule has 0 unspecified atom stereocenters. The second-order valence-electron chi connectivity index (χ2n) is 3.99. The van der Waals surface area contributed by atoms with Crippen molar-refractivity contribution in [1.82, 2.24) is 20.2 Å². The van der Waals surface area contributed by atoms with E-state index < -0.39 is 0 Å². The molecule has 0 aliphatic rings. The van der Waals surface area contributed by atoms with Gasteiger partial charge in [-0.1, -0.05) is 26.0 Å². The van der Waals surface area contributed by atoms with E-state index in [4.69, 9.17) is 4.74 Å². The molecule has 0 saturated heterocycles. The smallest absolute Gasteiger partial charge is 0.189 e. The number of nitrogens with zero attached hydrogens (tertiary/aromatic N) is 4. The Labute approximate surface area is 117 Å². The molecule has 0 amide bonds. The molecule has 0 radical (unpaired) electrons. The molecular formula is C13H18N4OS. The van der Waals surface area contributed by atoms with E-state index in [2.05, 4.69) is 35.4 Å². The molecule has 0 saturated carbocycles. The lowest BCUT2D eigenvalue weighted by Crippen LogP contribution is -2.08. The molecule has 0 spiro atoms. The SMILES string of the molecule is CCCn1nnnc1COc1ccccc1SCC. The summed E-state index contributed by atoms with van der Waals surface area (Å²) >= 11 is 1.77. The second kappa shape index (κ2) is 7.13. The number of tetrazole rings is 1. The number of benzene rings is 1. The molecule has 0 bridgehead atoms. The molecule has 19 heavy (non-hydrogen) atoms. The molecule has 1 aromatic carbocycles. The predicted molar refractivity (Wildman–Crippen MR) is 75.3 cm³/mol. The molecule has 0 aliphatic carbocycles. The second-order valence-corrected chi connectivity index (χ2v) is 5.29. The van der Waals surface area contributed by atoms with Gasteiger partial charge < -0.3 is 4.74 Å². The summed E-state index contributed by atoms with van der Waals surface area (Å²) in [5, 5.41) is 11.6. The minimum absolute atomic E-state index is 0.397. The summed E-state index contributed by atoms with van der Waals surface area (Å²) < 4.78 is 7.62. The van der Waals surface area contributed by atoms with Gasteiger partial charge in [0.05, 0.1) is 0 Å². The molecule has 6 heteroatoms. The molecule has 1 heterocycles. The van der Waals surface area contributed by atoms with Gasteiger partial charge in [0.1, 0.15) is 12.4 Å². The minimum atomic E-state index is 0.397. The standard InChI is InChI=1S/C13H18N4OS/c1-3-9-17-13(14-15-16-17)10-18-11-7-5-6-8-12(11)19-4-2/h5-8H,3-4,9-10H2,1-2H3. The highest BCUT2D eigenvalue weighted by Gasteiger charge is 2.08. The highest BCUT2D eigenvalue weighted by molar-refractivity contribution is 7.99. The van der Waals surface area contributed by atoms with Crippen LogP contribution in [0.3, 0.4) is 0 Å². The summed E-state index contributed by atoms with van der Waals surface area (Å²) in [7, 11) is 0. The maximum absolute atomic E-state index is 5.84. The Morgan fingerprint density at radius 1 is 1.26 bits per heavy atom. The van der Waals surface area contributed by atoms with Crippen LogP contribution in [0.2, 0.25) is 0 Å². The van der Waals surface area contributed by atoms with Gasteiger partial charge in [-0.15, -0.1) is 16.9 Å². The fourth-order valence-electron chi connectivity index (χ4n) is 1.70. The molecule has 2 aromatic rings. The Hall–Kier alpha value is -1.56. The van der Waals surface area contributed by atoms with Crippen molar-refractivity contribution >= 4 is 11.8 Å². The van der Waals surface area contributed by atoms with E-state index in [9.17, 15) is 0 Å². The number of ether oxygens (including phenoxy) is 1. The third-order valence-corrected chi connectivity index (χ3v) is 3.48. The summed E-state index contributed by atoms with van der Waals surface area (Å²) in [5.41, 5.74) is 0. The van der Waals surface area contributed by atoms with E-state index in [-0.39, 0.29) is 0 Å². The van der Waals surface area contributed by atoms with E-state index >= 15 is 0 Å². The number of aryl methyl sites for hydroxylation is 1. The van der Waals surface area contributed by atoms with Gasteiger partial charge in [-0.25, -0.2) is 4.68 Å². The van der Waals surface area contributed by atoms with Crippen molar-refractivity contribution in [3.05, 3.63) is 30.1 Å². The molecule has 0 aliphatic heterocycles. The van der Waals surface area contributed by atoms with Crippen molar-refractivity contribution in [3.8, 4) is 5.75 Å². The highest BCUT2D eigenvalue weighted by Crippen LogP contribution is 2.29. The van der Waals surface area contributed by atoms with E-state index in [1.807, 2.05) is 18.2 Å². The van der Waals surface area contributed by atoms with Gasteiger partial charge in [-0.2, -0.15) is 0 Å². The van der Waals surface area contributed by atoms with Crippen molar-refractivity contribution in [2.24, 2.45) is 0 Å². The van der Waals surface area contributed by atoms with Crippen LogP contribution in [0.25, 0.3) is 0 Å². The van der Waals surface area contributed by atoms with Crippen LogP contribution < -0.4 is 4.74 Å². The van der Waals surface area contributed by atoms with Gasteiger partial charge >= 0.3 is 0 Å². The van der Waals surface area contributed by atoms with E-state index in [0.29, 0.717) is 6.61 Å². The number of para-hydroxylation sites is 1. The Balaban J connectivity index is 2.03. The van der Waals surface area contributed by atoms with E-state index in [1.165, 1.54) is 0 Å². The van der Waals surface area contributed by atoms with Crippen LogP contribution in [0.4, 0.5) is 0 Å². The number of hydrogen-bond acceptors (Lipinski definition) is 5. The number of thioether (sulfide) groups is 1. The van der Waals surface area contributed by atoms with Crippen LogP contribution in [0.1, 0.15) is 26.1 Å². The van der Waals surface area contributed by atoms with Crippen molar-refractivity contribution in [3.63, 3.8) is 0 Å². The van der Waals surface area contributed by atoms with E-state index in [1.54, 1.807) is 16.4 Å². The van der Waals surface area contributed by atoms with Crippen LogP contribution in [-0.2, 0) is 13.2 Å². The summed E-state index contributed by atoms with van der Waals surface area (Å²) in [6, 6.07) is 8.04. The molecule has 0 atom stereocenters. The normalized spacial score (nSPS) is 10.6. The number of aromatic nitrogens is 4. The highest BCUT2D eigenvalue weighted by atomic mass is 32.2. The molecule has 1 aromatic heterocycles. The lowest BCUT2D eigenvalue weighted by atomic mass is 10.3.